The van der Waals surface area contributed by atoms with Crippen LogP contribution in [0, 0.1) is 12.8 Å². The van der Waals surface area contributed by atoms with Gasteiger partial charge in [-0.05, 0) is 37.8 Å². The van der Waals surface area contributed by atoms with Gasteiger partial charge in [0.1, 0.15) is 0 Å². The minimum Gasteiger partial charge on any atom is -0.392 e. The third kappa shape index (κ3) is 4.18. The van der Waals surface area contributed by atoms with E-state index >= 15 is 0 Å². The Morgan fingerprint density at radius 2 is 2.25 bits per heavy atom. The molecule has 88 valence electrons. The van der Waals surface area contributed by atoms with Gasteiger partial charge in [0.05, 0.1) is 6.10 Å². The number of aryl methyl sites for hydroxylation is 1. The van der Waals surface area contributed by atoms with Gasteiger partial charge in [0.25, 0.3) is 0 Å². The summed E-state index contributed by atoms with van der Waals surface area (Å²) in [6.45, 7) is 2.10. The van der Waals surface area contributed by atoms with Crippen molar-refractivity contribution >= 4 is 11.8 Å². The SMILES string of the molecule is Cc1cccc(SCC(O)CCC2CC2)c1. The highest BCUT2D eigenvalue weighted by atomic mass is 32.2. The van der Waals surface area contributed by atoms with Crippen molar-refractivity contribution in [3.8, 4) is 0 Å². The van der Waals surface area contributed by atoms with E-state index in [2.05, 4.69) is 31.2 Å². The van der Waals surface area contributed by atoms with Crippen molar-refractivity contribution in [3.63, 3.8) is 0 Å². The third-order valence-electron chi connectivity index (χ3n) is 3.04. The predicted octanol–water partition coefficient (Wildman–Crippen LogP) is 3.64. The van der Waals surface area contributed by atoms with E-state index in [1.165, 1.54) is 29.7 Å². The zero-order valence-electron chi connectivity index (χ0n) is 9.86. The molecule has 1 aliphatic carbocycles. The Kier molecular flexibility index (Phi) is 4.30. The quantitative estimate of drug-likeness (QED) is 0.761. The summed E-state index contributed by atoms with van der Waals surface area (Å²) in [6.07, 6.45) is 4.83. The molecule has 0 aliphatic heterocycles. The molecule has 0 bridgehead atoms. The first-order valence-electron chi connectivity index (χ1n) is 6.11. The molecular formula is C14H20OS. The molecule has 1 aromatic carbocycles. The van der Waals surface area contributed by atoms with Gasteiger partial charge in [0, 0.05) is 10.6 Å². The molecule has 16 heavy (non-hydrogen) atoms. The molecule has 0 spiro atoms. The number of aliphatic hydroxyl groups excluding tert-OH is 1. The molecular weight excluding hydrogens is 216 g/mol. The Hall–Kier alpha value is -0.470. The molecule has 0 aromatic heterocycles. The summed E-state index contributed by atoms with van der Waals surface area (Å²) in [5.74, 6) is 1.76. The summed E-state index contributed by atoms with van der Waals surface area (Å²) in [4.78, 5) is 1.27. The number of aliphatic hydroxyl groups is 1. The van der Waals surface area contributed by atoms with Crippen LogP contribution in [-0.4, -0.2) is 17.0 Å². The molecule has 0 saturated heterocycles. The zero-order chi connectivity index (χ0) is 11.4. The number of rotatable bonds is 6. The second-order valence-electron chi connectivity index (χ2n) is 4.80. The molecule has 2 heteroatoms. The molecule has 0 amide bonds. The van der Waals surface area contributed by atoms with Crippen molar-refractivity contribution in [1.29, 1.82) is 0 Å². The fourth-order valence-corrected chi connectivity index (χ4v) is 2.81. The number of hydrogen-bond donors (Lipinski definition) is 1. The number of hydrogen-bond acceptors (Lipinski definition) is 2. The second kappa shape index (κ2) is 5.74. The summed E-state index contributed by atoms with van der Waals surface area (Å²) in [7, 11) is 0. The zero-order valence-corrected chi connectivity index (χ0v) is 10.7. The molecule has 1 fully saturated rings. The average Bonchev–Trinajstić information content (AvgIpc) is 3.07. The van der Waals surface area contributed by atoms with Gasteiger partial charge in [0.2, 0.25) is 0 Å². The van der Waals surface area contributed by atoms with Crippen molar-refractivity contribution in [2.75, 3.05) is 5.75 Å². The van der Waals surface area contributed by atoms with E-state index in [0.717, 1.165) is 18.1 Å². The molecule has 1 aliphatic rings. The third-order valence-corrected chi connectivity index (χ3v) is 4.18. The summed E-state index contributed by atoms with van der Waals surface area (Å²) in [5.41, 5.74) is 1.29. The molecule has 0 radical (unpaired) electrons. The van der Waals surface area contributed by atoms with E-state index in [-0.39, 0.29) is 6.10 Å². The lowest BCUT2D eigenvalue weighted by Gasteiger charge is -2.09. The minimum atomic E-state index is -0.133. The van der Waals surface area contributed by atoms with Crippen molar-refractivity contribution in [3.05, 3.63) is 29.8 Å². The number of thioether (sulfide) groups is 1. The van der Waals surface area contributed by atoms with Crippen LogP contribution in [0.25, 0.3) is 0 Å². The van der Waals surface area contributed by atoms with Crippen molar-refractivity contribution < 1.29 is 5.11 Å². The van der Waals surface area contributed by atoms with Crippen LogP contribution in [0.5, 0.6) is 0 Å². The van der Waals surface area contributed by atoms with E-state index in [1.54, 1.807) is 11.8 Å². The maximum atomic E-state index is 9.84. The van der Waals surface area contributed by atoms with E-state index < -0.39 is 0 Å². The van der Waals surface area contributed by atoms with E-state index in [4.69, 9.17) is 0 Å². The van der Waals surface area contributed by atoms with Crippen LogP contribution in [0.2, 0.25) is 0 Å². The molecule has 1 atom stereocenters. The first-order valence-corrected chi connectivity index (χ1v) is 7.10. The molecule has 1 saturated carbocycles. The lowest BCUT2D eigenvalue weighted by Crippen LogP contribution is -2.09. The Morgan fingerprint density at radius 1 is 1.44 bits per heavy atom. The van der Waals surface area contributed by atoms with Gasteiger partial charge in [-0.2, -0.15) is 0 Å². The van der Waals surface area contributed by atoms with Gasteiger partial charge >= 0.3 is 0 Å². The smallest absolute Gasteiger partial charge is 0.0634 e. The molecule has 1 N–H and O–H groups in total. The van der Waals surface area contributed by atoms with E-state index in [1.807, 2.05) is 0 Å². The van der Waals surface area contributed by atoms with Crippen molar-refractivity contribution in [2.24, 2.45) is 5.92 Å². The maximum Gasteiger partial charge on any atom is 0.0634 e. The van der Waals surface area contributed by atoms with Gasteiger partial charge in [0.15, 0.2) is 0 Å². The van der Waals surface area contributed by atoms with Gasteiger partial charge in [-0.1, -0.05) is 30.5 Å². The highest BCUT2D eigenvalue weighted by Gasteiger charge is 2.21. The fraction of sp³-hybridized carbons (Fsp3) is 0.571. The van der Waals surface area contributed by atoms with Gasteiger partial charge in [-0.3, -0.25) is 0 Å². The predicted molar refractivity (Wildman–Crippen MR) is 69.9 cm³/mol. The summed E-state index contributed by atoms with van der Waals surface area (Å²) in [5, 5.41) is 9.84. The lowest BCUT2D eigenvalue weighted by atomic mass is 10.1. The highest BCUT2D eigenvalue weighted by Crippen LogP contribution is 2.34. The van der Waals surface area contributed by atoms with Crippen LogP contribution >= 0.6 is 11.8 Å². The van der Waals surface area contributed by atoms with Crippen molar-refractivity contribution in [2.45, 2.75) is 43.6 Å². The topological polar surface area (TPSA) is 20.2 Å². The van der Waals surface area contributed by atoms with Crippen LogP contribution in [0.4, 0.5) is 0 Å². The Morgan fingerprint density at radius 3 is 2.94 bits per heavy atom. The van der Waals surface area contributed by atoms with Crippen molar-refractivity contribution in [1.82, 2.24) is 0 Å². The summed E-state index contributed by atoms with van der Waals surface area (Å²) < 4.78 is 0. The second-order valence-corrected chi connectivity index (χ2v) is 5.90. The molecule has 0 heterocycles. The lowest BCUT2D eigenvalue weighted by molar-refractivity contribution is 0.184. The van der Waals surface area contributed by atoms with Crippen LogP contribution in [0.1, 0.15) is 31.2 Å². The summed E-state index contributed by atoms with van der Waals surface area (Å²) in [6, 6.07) is 8.48. The standard InChI is InChI=1S/C14H20OS/c1-11-3-2-4-14(9-11)16-10-13(15)8-7-12-5-6-12/h2-4,9,12-13,15H,5-8,10H2,1H3. The van der Waals surface area contributed by atoms with E-state index in [0.29, 0.717) is 0 Å². The average molecular weight is 236 g/mol. The Balaban J connectivity index is 1.69. The van der Waals surface area contributed by atoms with Crippen LogP contribution in [-0.2, 0) is 0 Å². The first-order chi connectivity index (χ1) is 7.74. The molecule has 2 rings (SSSR count). The maximum absolute atomic E-state index is 9.84. The summed E-state index contributed by atoms with van der Waals surface area (Å²) >= 11 is 1.76. The molecule has 1 nitrogen and oxygen atoms in total. The monoisotopic (exact) mass is 236 g/mol. The van der Waals surface area contributed by atoms with Gasteiger partial charge < -0.3 is 5.11 Å². The van der Waals surface area contributed by atoms with Crippen LogP contribution < -0.4 is 0 Å². The first kappa shape index (κ1) is 12.0. The Bertz CT molecular complexity index is 333. The molecule has 1 aromatic rings. The largest absolute Gasteiger partial charge is 0.392 e. The minimum absolute atomic E-state index is 0.133. The van der Waals surface area contributed by atoms with Gasteiger partial charge in [-0.25, -0.2) is 0 Å². The van der Waals surface area contributed by atoms with Crippen LogP contribution in [0.15, 0.2) is 29.2 Å². The fourth-order valence-electron chi connectivity index (χ4n) is 1.82. The van der Waals surface area contributed by atoms with E-state index in [9.17, 15) is 5.11 Å². The molecule has 1 unspecified atom stereocenters. The van der Waals surface area contributed by atoms with Crippen LogP contribution in [0.3, 0.4) is 0 Å². The Labute approximate surface area is 102 Å². The van der Waals surface area contributed by atoms with Gasteiger partial charge in [-0.15, -0.1) is 11.8 Å². The highest BCUT2D eigenvalue weighted by molar-refractivity contribution is 7.99. The normalized spacial score (nSPS) is 17.4. The number of benzene rings is 1.